The molecule has 8 nitrogen and oxygen atoms in total. The Balaban J connectivity index is 1.40. The molecule has 0 aliphatic carbocycles. The smallest absolute Gasteiger partial charge is 0.338 e. The van der Waals surface area contributed by atoms with Crippen LogP contribution in [0.1, 0.15) is 40.1 Å². The summed E-state index contributed by atoms with van der Waals surface area (Å²) in [7, 11) is 0. The minimum Gasteiger partial charge on any atom is -0.462 e. The molecular formula is C32H29N3O5S2. The van der Waals surface area contributed by atoms with E-state index in [2.05, 4.69) is 16.0 Å². The second-order valence-corrected chi connectivity index (χ2v) is 11.2. The Kier molecular flexibility index (Phi) is 10.7. The van der Waals surface area contributed by atoms with Crippen LogP contribution in [-0.4, -0.2) is 35.5 Å². The van der Waals surface area contributed by atoms with Crippen LogP contribution >= 0.6 is 23.1 Å². The van der Waals surface area contributed by atoms with Gasteiger partial charge in [-0.05, 0) is 96.9 Å². The van der Waals surface area contributed by atoms with E-state index in [0.29, 0.717) is 22.5 Å². The topological polar surface area (TPSA) is 114 Å². The molecular weight excluding hydrogens is 571 g/mol. The van der Waals surface area contributed by atoms with Crippen LogP contribution in [0.4, 0.5) is 11.4 Å². The van der Waals surface area contributed by atoms with Gasteiger partial charge in [0.1, 0.15) is 5.70 Å². The largest absolute Gasteiger partial charge is 0.462 e. The van der Waals surface area contributed by atoms with Gasteiger partial charge in [-0.15, -0.1) is 11.8 Å². The van der Waals surface area contributed by atoms with Crippen LogP contribution in [0.3, 0.4) is 0 Å². The quantitative estimate of drug-likeness (QED) is 0.104. The molecule has 0 radical (unpaired) electrons. The van der Waals surface area contributed by atoms with E-state index in [9.17, 15) is 19.2 Å². The van der Waals surface area contributed by atoms with Crippen LogP contribution in [0.15, 0.2) is 106 Å². The van der Waals surface area contributed by atoms with Crippen molar-refractivity contribution < 1.29 is 23.9 Å². The molecule has 0 aliphatic heterocycles. The van der Waals surface area contributed by atoms with Crippen molar-refractivity contribution in [1.82, 2.24) is 5.32 Å². The van der Waals surface area contributed by atoms with Crippen LogP contribution < -0.4 is 16.0 Å². The fraction of sp³-hybridized carbons (Fsp3) is 0.125. The van der Waals surface area contributed by atoms with Crippen molar-refractivity contribution in [2.75, 3.05) is 17.2 Å². The highest BCUT2D eigenvalue weighted by Gasteiger charge is 2.18. The Labute approximate surface area is 252 Å². The Bertz CT molecular complexity index is 1570. The minimum atomic E-state index is -0.482. The molecule has 42 heavy (non-hydrogen) atoms. The number of benzene rings is 3. The number of rotatable bonds is 11. The van der Waals surface area contributed by atoms with Gasteiger partial charge < -0.3 is 20.7 Å². The zero-order chi connectivity index (χ0) is 29.9. The van der Waals surface area contributed by atoms with E-state index in [4.69, 9.17) is 4.74 Å². The first kappa shape index (κ1) is 30.3. The highest BCUT2D eigenvalue weighted by atomic mass is 32.2. The van der Waals surface area contributed by atoms with E-state index in [-0.39, 0.29) is 18.2 Å². The summed E-state index contributed by atoms with van der Waals surface area (Å²) < 4.78 is 4.98. The molecule has 1 atom stereocenters. The first-order valence-electron chi connectivity index (χ1n) is 13.1. The van der Waals surface area contributed by atoms with Gasteiger partial charge in [0.25, 0.3) is 11.8 Å². The number of thiophene rings is 1. The molecule has 4 aromatic rings. The average molecular weight is 600 g/mol. The third-order valence-electron chi connectivity index (χ3n) is 5.82. The molecule has 3 N–H and O–H groups in total. The second kappa shape index (κ2) is 14.8. The maximum atomic E-state index is 13.3. The number of ether oxygens (including phenoxy) is 1. The summed E-state index contributed by atoms with van der Waals surface area (Å²) in [5, 5.41) is 11.7. The second-order valence-electron chi connectivity index (χ2n) is 8.96. The zero-order valence-electron chi connectivity index (χ0n) is 23.0. The maximum absolute atomic E-state index is 13.3. The molecule has 0 saturated heterocycles. The van der Waals surface area contributed by atoms with Crippen LogP contribution in [0.2, 0.25) is 0 Å². The zero-order valence-corrected chi connectivity index (χ0v) is 24.6. The van der Waals surface area contributed by atoms with Gasteiger partial charge in [-0.1, -0.05) is 24.3 Å². The lowest BCUT2D eigenvalue weighted by Crippen LogP contribution is -2.30. The molecule has 1 heterocycles. The van der Waals surface area contributed by atoms with Gasteiger partial charge in [0, 0.05) is 21.8 Å². The van der Waals surface area contributed by atoms with Crippen molar-refractivity contribution in [3.05, 3.63) is 118 Å². The summed E-state index contributed by atoms with van der Waals surface area (Å²) in [6.45, 7) is 3.80. The average Bonchev–Trinajstić information content (AvgIpc) is 3.51. The molecule has 4 rings (SSSR count). The Morgan fingerprint density at radius 3 is 2.33 bits per heavy atom. The highest BCUT2D eigenvalue weighted by Crippen LogP contribution is 2.27. The number of nitrogens with one attached hydrogen (secondary N) is 3. The van der Waals surface area contributed by atoms with Gasteiger partial charge in [0.2, 0.25) is 5.91 Å². The van der Waals surface area contributed by atoms with Crippen LogP contribution in [0, 0.1) is 0 Å². The van der Waals surface area contributed by atoms with E-state index in [1.54, 1.807) is 86.7 Å². The predicted octanol–water partition coefficient (Wildman–Crippen LogP) is 6.45. The van der Waals surface area contributed by atoms with Crippen molar-refractivity contribution in [2.24, 2.45) is 0 Å². The van der Waals surface area contributed by atoms with Crippen LogP contribution in [0.5, 0.6) is 0 Å². The summed E-state index contributed by atoms with van der Waals surface area (Å²) in [6, 6.07) is 24.1. The number of carbonyl (C=O) groups is 4. The first-order valence-corrected chi connectivity index (χ1v) is 14.9. The molecule has 214 valence electrons. The van der Waals surface area contributed by atoms with Crippen molar-refractivity contribution in [1.29, 1.82) is 0 Å². The van der Waals surface area contributed by atoms with E-state index >= 15 is 0 Å². The van der Waals surface area contributed by atoms with Gasteiger partial charge in [0.15, 0.2) is 0 Å². The lowest BCUT2D eigenvalue weighted by atomic mass is 10.2. The number of carbonyl (C=O) groups excluding carboxylic acids is 4. The Morgan fingerprint density at radius 2 is 1.64 bits per heavy atom. The van der Waals surface area contributed by atoms with Gasteiger partial charge >= 0.3 is 5.97 Å². The standard InChI is InChI=1S/C32H29N3O5S2/c1-3-40-32(39)24-12-14-25(15-13-24)33-29(36)21(2)42-27-11-7-10-26(19-27)34-31(38)28(18-22-16-17-41-20-22)35-30(37)23-8-5-4-6-9-23/h4-21H,3H2,1-2H3,(H,33,36)(H,34,38)(H,35,37)/b28-18-. The van der Waals surface area contributed by atoms with Crippen molar-refractivity contribution >= 4 is 64.2 Å². The summed E-state index contributed by atoms with van der Waals surface area (Å²) in [6.07, 6.45) is 1.62. The maximum Gasteiger partial charge on any atom is 0.338 e. The number of amides is 3. The van der Waals surface area contributed by atoms with Gasteiger partial charge in [-0.25, -0.2) is 4.79 Å². The summed E-state index contributed by atoms with van der Waals surface area (Å²) in [5.41, 5.74) is 2.80. The molecule has 1 unspecified atom stereocenters. The van der Waals surface area contributed by atoms with E-state index in [1.165, 1.54) is 23.1 Å². The number of hydrogen-bond donors (Lipinski definition) is 3. The highest BCUT2D eigenvalue weighted by molar-refractivity contribution is 8.00. The monoisotopic (exact) mass is 599 g/mol. The van der Waals surface area contributed by atoms with E-state index in [0.717, 1.165) is 10.5 Å². The number of esters is 1. The Hall–Kier alpha value is -4.67. The molecule has 0 spiro atoms. The number of anilines is 2. The van der Waals surface area contributed by atoms with Gasteiger partial charge in [-0.2, -0.15) is 11.3 Å². The fourth-order valence-corrected chi connectivity index (χ4v) is 5.26. The molecule has 1 aromatic heterocycles. The molecule has 0 saturated carbocycles. The number of thioether (sulfide) groups is 1. The van der Waals surface area contributed by atoms with Crippen molar-refractivity contribution in [3.63, 3.8) is 0 Å². The fourth-order valence-electron chi connectivity index (χ4n) is 3.72. The summed E-state index contributed by atoms with van der Waals surface area (Å²) in [4.78, 5) is 51.5. The SMILES string of the molecule is CCOC(=O)c1ccc(NC(=O)C(C)Sc2cccc(NC(=O)/C(=C/c3ccsc3)NC(=O)c3ccccc3)c2)cc1. The molecule has 10 heteroatoms. The van der Waals surface area contributed by atoms with E-state index in [1.807, 2.05) is 29.0 Å². The van der Waals surface area contributed by atoms with Gasteiger partial charge in [-0.3, -0.25) is 14.4 Å². The van der Waals surface area contributed by atoms with Crippen LogP contribution in [-0.2, 0) is 14.3 Å². The van der Waals surface area contributed by atoms with Crippen molar-refractivity contribution in [3.8, 4) is 0 Å². The minimum absolute atomic E-state index is 0.0991. The molecule has 0 bridgehead atoms. The van der Waals surface area contributed by atoms with E-state index < -0.39 is 23.0 Å². The molecule has 0 fully saturated rings. The lowest BCUT2D eigenvalue weighted by molar-refractivity contribution is -0.115. The normalized spacial score (nSPS) is 11.7. The predicted molar refractivity (Wildman–Crippen MR) is 168 cm³/mol. The number of hydrogen-bond acceptors (Lipinski definition) is 7. The molecule has 3 aromatic carbocycles. The molecule has 3 amide bonds. The lowest BCUT2D eigenvalue weighted by Gasteiger charge is -2.14. The molecule has 0 aliphatic rings. The summed E-state index contributed by atoms with van der Waals surface area (Å²) in [5.74, 6) is -1.52. The third-order valence-corrected chi connectivity index (χ3v) is 7.62. The Morgan fingerprint density at radius 1 is 0.881 bits per heavy atom. The van der Waals surface area contributed by atoms with Crippen molar-refractivity contribution in [2.45, 2.75) is 24.0 Å². The van der Waals surface area contributed by atoms with Crippen LogP contribution in [0.25, 0.3) is 6.08 Å². The summed E-state index contributed by atoms with van der Waals surface area (Å²) >= 11 is 2.81. The third kappa shape index (κ3) is 8.66. The van der Waals surface area contributed by atoms with Gasteiger partial charge in [0.05, 0.1) is 17.4 Å². The first-order chi connectivity index (χ1) is 20.3.